The van der Waals surface area contributed by atoms with Crippen molar-refractivity contribution in [3.63, 3.8) is 0 Å². The van der Waals surface area contributed by atoms with Crippen molar-refractivity contribution in [1.82, 2.24) is 4.90 Å². The van der Waals surface area contributed by atoms with Gasteiger partial charge in [-0.25, -0.2) is 4.79 Å². The summed E-state index contributed by atoms with van der Waals surface area (Å²) in [5, 5.41) is 19.5. The van der Waals surface area contributed by atoms with Crippen LogP contribution in [0.15, 0.2) is 32.8 Å². The fourth-order valence-corrected chi connectivity index (χ4v) is 3.95. The van der Waals surface area contributed by atoms with Gasteiger partial charge in [0.05, 0.1) is 12.3 Å². The summed E-state index contributed by atoms with van der Waals surface area (Å²) < 4.78 is 9.78. The molecule has 2 aliphatic rings. The Balaban J connectivity index is 1.76. The predicted molar refractivity (Wildman–Crippen MR) is 91.1 cm³/mol. The van der Waals surface area contributed by atoms with Crippen LogP contribution in [-0.2, 0) is 19.1 Å². The molecule has 0 radical (unpaired) electrons. The number of carbonyl (C=O) groups is 3. The Labute approximate surface area is 155 Å². The zero-order valence-electron chi connectivity index (χ0n) is 13.9. The number of esters is 1. The van der Waals surface area contributed by atoms with Gasteiger partial charge in [0.15, 0.2) is 11.8 Å². The predicted octanol–water partition coefficient (Wildman–Crippen LogP) is 0.792. The van der Waals surface area contributed by atoms with E-state index in [1.807, 2.05) is 0 Å². The van der Waals surface area contributed by atoms with Gasteiger partial charge in [0.1, 0.15) is 22.6 Å². The van der Waals surface area contributed by atoms with Gasteiger partial charge in [-0.15, -0.1) is 11.8 Å². The summed E-state index contributed by atoms with van der Waals surface area (Å²) in [5.41, 5.74) is 0.126. The molecule has 11 nitrogen and oxygen atoms in total. The number of hydrogen-bond donors (Lipinski definition) is 1. The zero-order chi connectivity index (χ0) is 19.7. The van der Waals surface area contributed by atoms with E-state index < -0.39 is 40.1 Å². The third kappa shape index (κ3) is 3.56. The van der Waals surface area contributed by atoms with Gasteiger partial charge in [-0.2, -0.15) is 0 Å². The highest BCUT2D eigenvalue weighted by Gasteiger charge is 2.53. The summed E-state index contributed by atoms with van der Waals surface area (Å²) in [6.07, 6.45) is 1.20. The van der Waals surface area contributed by atoms with E-state index >= 15 is 0 Å². The van der Waals surface area contributed by atoms with Crippen LogP contribution in [0.25, 0.3) is 0 Å². The molecule has 0 unspecified atom stereocenters. The average molecular weight is 395 g/mol. The van der Waals surface area contributed by atoms with Gasteiger partial charge in [-0.3, -0.25) is 29.6 Å². The first kappa shape index (κ1) is 18.6. The SMILES string of the molecule is CC(=O)OCC1=C(C(=O)O)N2C(=O)[C@@H](N=Cc3ccc([N+](=O)[O-])o3)[C@H]2SC1. The zero-order valence-corrected chi connectivity index (χ0v) is 14.7. The molecule has 2 atom stereocenters. The van der Waals surface area contributed by atoms with Crippen LogP contribution in [-0.4, -0.2) is 62.8 Å². The molecule has 3 rings (SSSR count). The third-order valence-electron chi connectivity index (χ3n) is 3.83. The van der Waals surface area contributed by atoms with Gasteiger partial charge in [-0.05, 0) is 6.07 Å². The van der Waals surface area contributed by atoms with Crippen LogP contribution in [0.2, 0.25) is 0 Å². The van der Waals surface area contributed by atoms with Crippen molar-refractivity contribution < 1.29 is 33.6 Å². The van der Waals surface area contributed by atoms with Crippen LogP contribution >= 0.6 is 11.8 Å². The minimum absolute atomic E-state index is 0.110. The second kappa shape index (κ2) is 7.23. The monoisotopic (exact) mass is 395 g/mol. The van der Waals surface area contributed by atoms with E-state index in [-0.39, 0.29) is 23.8 Å². The summed E-state index contributed by atoms with van der Waals surface area (Å²) in [5.74, 6) is -2.44. The molecule has 12 heteroatoms. The summed E-state index contributed by atoms with van der Waals surface area (Å²) in [4.78, 5) is 50.0. The van der Waals surface area contributed by atoms with E-state index in [0.717, 1.165) is 11.0 Å². The molecular formula is C15H13N3O8S. The Bertz CT molecular complexity index is 889. The molecule has 1 aromatic rings. The van der Waals surface area contributed by atoms with Crippen molar-refractivity contribution in [1.29, 1.82) is 0 Å². The number of aliphatic carboxylic acids is 1. The second-order valence-corrected chi connectivity index (χ2v) is 6.71. The number of thioether (sulfide) groups is 1. The Kier molecular flexibility index (Phi) is 4.99. The van der Waals surface area contributed by atoms with Gasteiger partial charge in [0, 0.05) is 18.2 Å². The molecule has 2 aliphatic heterocycles. The number of rotatable bonds is 6. The van der Waals surface area contributed by atoms with Gasteiger partial charge in [-0.1, -0.05) is 0 Å². The van der Waals surface area contributed by atoms with Gasteiger partial charge < -0.3 is 14.3 Å². The summed E-state index contributed by atoms with van der Waals surface area (Å²) >= 11 is 1.29. The number of carboxylic acid groups (broad SMARTS) is 1. The Morgan fingerprint density at radius 1 is 1.56 bits per heavy atom. The van der Waals surface area contributed by atoms with Gasteiger partial charge >= 0.3 is 17.8 Å². The molecule has 0 saturated carbocycles. The lowest BCUT2D eigenvalue weighted by Crippen LogP contribution is -2.64. The molecule has 1 saturated heterocycles. The normalized spacial score (nSPS) is 21.8. The number of hydrogen-bond acceptors (Lipinski definition) is 9. The number of furan rings is 1. The fraction of sp³-hybridized carbons (Fsp3) is 0.333. The number of carboxylic acids is 1. The van der Waals surface area contributed by atoms with Crippen LogP contribution in [0.5, 0.6) is 0 Å². The fourth-order valence-electron chi connectivity index (χ4n) is 2.63. The smallest absolute Gasteiger partial charge is 0.433 e. The first-order valence-electron chi connectivity index (χ1n) is 7.60. The van der Waals surface area contributed by atoms with E-state index in [1.165, 1.54) is 31.0 Å². The Morgan fingerprint density at radius 3 is 2.89 bits per heavy atom. The van der Waals surface area contributed by atoms with Crippen LogP contribution in [0.3, 0.4) is 0 Å². The molecule has 0 spiro atoms. The number of amides is 1. The highest BCUT2D eigenvalue weighted by molar-refractivity contribution is 8.00. The Morgan fingerprint density at radius 2 is 2.30 bits per heavy atom. The summed E-state index contributed by atoms with van der Waals surface area (Å²) in [7, 11) is 0. The summed E-state index contributed by atoms with van der Waals surface area (Å²) in [6.45, 7) is 1.00. The number of aliphatic imine (C=N–C) groups is 1. The lowest BCUT2D eigenvalue weighted by molar-refractivity contribution is -0.402. The number of β-lactam (4-membered cyclic amide) rings is 1. The Hall–Kier alpha value is -3.15. The molecule has 1 fully saturated rings. The highest BCUT2D eigenvalue weighted by Crippen LogP contribution is 2.41. The summed E-state index contributed by atoms with van der Waals surface area (Å²) in [6, 6.07) is 1.68. The van der Waals surface area contributed by atoms with Gasteiger partial charge in [0.25, 0.3) is 5.91 Å². The van der Waals surface area contributed by atoms with Crippen molar-refractivity contribution in [2.75, 3.05) is 12.4 Å². The molecule has 1 amide bonds. The lowest BCUT2D eigenvalue weighted by atomic mass is 10.0. The van der Waals surface area contributed by atoms with Crippen molar-refractivity contribution in [2.24, 2.45) is 4.99 Å². The average Bonchev–Trinajstić information content (AvgIpc) is 3.08. The topological polar surface area (TPSA) is 153 Å². The van der Waals surface area contributed by atoms with Crippen LogP contribution in [0.1, 0.15) is 12.7 Å². The molecule has 27 heavy (non-hydrogen) atoms. The molecule has 0 bridgehead atoms. The van der Waals surface area contributed by atoms with Crippen LogP contribution < -0.4 is 0 Å². The maximum absolute atomic E-state index is 12.4. The molecule has 3 heterocycles. The van der Waals surface area contributed by atoms with Crippen molar-refractivity contribution in [3.05, 3.63) is 39.3 Å². The van der Waals surface area contributed by atoms with Crippen molar-refractivity contribution >= 4 is 41.7 Å². The molecule has 0 aromatic carbocycles. The van der Waals surface area contributed by atoms with E-state index in [9.17, 15) is 29.6 Å². The van der Waals surface area contributed by atoms with E-state index in [1.54, 1.807) is 0 Å². The molecule has 142 valence electrons. The maximum atomic E-state index is 12.4. The van der Waals surface area contributed by atoms with Crippen LogP contribution in [0.4, 0.5) is 5.88 Å². The largest absolute Gasteiger partial charge is 0.477 e. The molecular weight excluding hydrogens is 382 g/mol. The standard InChI is InChI=1S/C15H13N3O8S/c1-7(19)25-5-8-6-27-14-11(13(20)17(14)12(8)15(21)22)16-4-9-2-3-10(26-9)18(23)24/h2-4,11,14H,5-6H2,1H3,(H,21,22)/t11-,14-/m1/s1. The van der Waals surface area contributed by atoms with Crippen LogP contribution in [0, 0.1) is 10.1 Å². The number of nitro groups is 1. The van der Waals surface area contributed by atoms with Crippen molar-refractivity contribution in [2.45, 2.75) is 18.3 Å². The van der Waals surface area contributed by atoms with E-state index in [4.69, 9.17) is 9.15 Å². The lowest BCUT2D eigenvalue weighted by Gasteiger charge is -2.47. The maximum Gasteiger partial charge on any atom is 0.433 e. The minimum Gasteiger partial charge on any atom is -0.477 e. The molecule has 0 aliphatic carbocycles. The second-order valence-electron chi connectivity index (χ2n) is 5.60. The minimum atomic E-state index is -1.29. The van der Waals surface area contributed by atoms with Crippen molar-refractivity contribution in [3.8, 4) is 0 Å². The third-order valence-corrected chi connectivity index (χ3v) is 5.15. The quantitative estimate of drug-likeness (QED) is 0.242. The van der Waals surface area contributed by atoms with E-state index in [0.29, 0.717) is 5.57 Å². The number of fused-ring (bicyclic) bond motifs is 1. The van der Waals surface area contributed by atoms with Gasteiger partial charge in [0.2, 0.25) is 0 Å². The number of carbonyl (C=O) groups excluding carboxylic acids is 2. The first-order valence-corrected chi connectivity index (χ1v) is 8.65. The molecule has 1 aromatic heterocycles. The first-order chi connectivity index (χ1) is 12.8. The molecule has 1 N–H and O–H groups in total. The van der Waals surface area contributed by atoms with E-state index in [2.05, 4.69) is 4.99 Å². The number of ether oxygens (including phenoxy) is 1. The highest BCUT2D eigenvalue weighted by atomic mass is 32.2. The number of nitrogens with zero attached hydrogens (tertiary/aromatic N) is 3.